The molecule has 0 saturated carbocycles. The van der Waals surface area contributed by atoms with Crippen molar-refractivity contribution in [1.29, 1.82) is 0 Å². The molecule has 1 aliphatic rings. The van der Waals surface area contributed by atoms with Crippen LogP contribution in [0, 0.1) is 12.3 Å². The molecule has 42 heavy (non-hydrogen) atoms. The number of aryl methyl sites for hydroxylation is 1. The van der Waals surface area contributed by atoms with Gasteiger partial charge >= 0.3 is 6.09 Å². The van der Waals surface area contributed by atoms with Gasteiger partial charge in [-0.2, -0.15) is 0 Å². The zero-order valence-corrected chi connectivity index (χ0v) is 25.8. The number of benzene rings is 1. The van der Waals surface area contributed by atoms with Crippen LogP contribution >= 0.6 is 11.3 Å². The van der Waals surface area contributed by atoms with E-state index < -0.39 is 35.6 Å². The molecule has 2 heterocycles. The lowest BCUT2D eigenvalue weighted by molar-refractivity contribution is -0.144. The second-order valence-corrected chi connectivity index (χ2v) is 12.8. The maximum Gasteiger partial charge on any atom is 0.404 e. The van der Waals surface area contributed by atoms with Crippen LogP contribution in [0.4, 0.5) is 4.79 Å². The van der Waals surface area contributed by atoms with Gasteiger partial charge in [-0.05, 0) is 43.2 Å². The van der Waals surface area contributed by atoms with E-state index in [9.17, 15) is 24.3 Å². The summed E-state index contributed by atoms with van der Waals surface area (Å²) in [6, 6.07) is 5.83. The van der Waals surface area contributed by atoms with E-state index in [1.54, 1.807) is 11.3 Å². The largest absolute Gasteiger partial charge is 0.465 e. The van der Waals surface area contributed by atoms with E-state index in [0.29, 0.717) is 25.8 Å². The van der Waals surface area contributed by atoms with Gasteiger partial charge in [-0.15, -0.1) is 11.3 Å². The minimum absolute atomic E-state index is 0.00717. The Morgan fingerprint density at radius 2 is 1.79 bits per heavy atom. The van der Waals surface area contributed by atoms with E-state index in [2.05, 4.69) is 20.9 Å². The molecule has 0 aliphatic carbocycles. The van der Waals surface area contributed by atoms with Crippen LogP contribution < -0.4 is 16.0 Å². The molecule has 0 bridgehead atoms. The highest BCUT2D eigenvalue weighted by Gasteiger charge is 2.44. The summed E-state index contributed by atoms with van der Waals surface area (Å²) in [4.78, 5) is 57.2. The predicted molar refractivity (Wildman–Crippen MR) is 161 cm³/mol. The SMILES string of the molecule is Cc1ncsc1-c1ccc(C(C)NC(=O)[C@@H]2C[C@@H](O)CN2C(=O)C(NC(=O)CCCCCNC(=O)O)C(C)(C)C)cc1. The van der Waals surface area contributed by atoms with Crippen LogP contribution in [-0.2, 0) is 14.4 Å². The molecule has 1 aromatic heterocycles. The van der Waals surface area contributed by atoms with E-state index in [4.69, 9.17) is 5.11 Å². The van der Waals surface area contributed by atoms with Gasteiger partial charge in [-0.25, -0.2) is 9.78 Å². The number of likely N-dealkylation sites (tertiary alicyclic amines) is 1. The molecule has 1 aliphatic heterocycles. The number of carbonyl (C=O) groups is 4. The number of hydrogen-bond donors (Lipinski definition) is 5. The van der Waals surface area contributed by atoms with Gasteiger partial charge in [0.2, 0.25) is 17.7 Å². The molecule has 4 amide bonds. The summed E-state index contributed by atoms with van der Waals surface area (Å²) in [5.74, 6) is -1.06. The van der Waals surface area contributed by atoms with E-state index in [-0.39, 0.29) is 37.2 Å². The molecule has 2 aromatic rings. The van der Waals surface area contributed by atoms with Crippen molar-refractivity contribution >= 4 is 35.2 Å². The molecule has 12 heteroatoms. The molecule has 0 radical (unpaired) electrons. The fourth-order valence-corrected chi connectivity index (χ4v) is 5.84. The van der Waals surface area contributed by atoms with Crippen molar-refractivity contribution < 1.29 is 29.4 Å². The van der Waals surface area contributed by atoms with Crippen molar-refractivity contribution in [2.75, 3.05) is 13.1 Å². The number of nitrogens with one attached hydrogen (secondary N) is 3. The molecule has 0 spiro atoms. The molecule has 3 rings (SSSR count). The second kappa shape index (κ2) is 14.6. The Morgan fingerprint density at radius 3 is 2.38 bits per heavy atom. The Kier molecular flexibility index (Phi) is 11.5. The molecule has 1 fully saturated rings. The number of carboxylic acid groups (broad SMARTS) is 1. The van der Waals surface area contributed by atoms with Gasteiger partial charge in [0.25, 0.3) is 0 Å². The lowest BCUT2D eigenvalue weighted by atomic mass is 9.85. The van der Waals surface area contributed by atoms with E-state index in [1.807, 2.05) is 64.4 Å². The minimum atomic E-state index is -1.08. The fraction of sp³-hybridized carbons (Fsp3) is 0.567. The lowest BCUT2D eigenvalue weighted by Crippen LogP contribution is -2.57. The van der Waals surface area contributed by atoms with Crippen LogP contribution in [0.1, 0.15) is 77.1 Å². The second-order valence-electron chi connectivity index (χ2n) is 11.9. The van der Waals surface area contributed by atoms with Crippen molar-refractivity contribution in [1.82, 2.24) is 25.8 Å². The number of thiazole rings is 1. The number of rotatable bonds is 12. The summed E-state index contributed by atoms with van der Waals surface area (Å²) in [7, 11) is 0. The minimum Gasteiger partial charge on any atom is -0.465 e. The lowest BCUT2D eigenvalue weighted by Gasteiger charge is -2.35. The monoisotopic (exact) mass is 601 g/mol. The van der Waals surface area contributed by atoms with Crippen LogP contribution in [0.25, 0.3) is 10.4 Å². The molecule has 1 aromatic carbocycles. The third kappa shape index (κ3) is 8.99. The summed E-state index contributed by atoms with van der Waals surface area (Å²) in [5.41, 5.74) is 4.10. The third-order valence-corrected chi connectivity index (χ3v) is 8.39. The van der Waals surface area contributed by atoms with E-state index in [0.717, 1.165) is 21.7 Å². The van der Waals surface area contributed by atoms with E-state index >= 15 is 0 Å². The fourth-order valence-electron chi connectivity index (χ4n) is 5.03. The Bertz CT molecular complexity index is 1240. The molecule has 230 valence electrons. The van der Waals surface area contributed by atoms with Gasteiger partial charge in [0.15, 0.2) is 0 Å². The Morgan fingerprint density at radius 1 is 1.10 bits per heavy atom. The highest BCUT2D eigenvalue weighted by Crippen LogP contribution is 2.29. The summed E-state index contributed by atoms with van der Waals surface area (Å²) in [6.07, 6.45) is 0.198. The molecule has 1 saturated heterocycles. The maximum atomic E-state index is 13.8. The first kappa shape index (κ1) is 33.0. The zero-order chi connectivity index (χ0) is 31.0. The molecule has 2 unspecified atom stereocenters. The van der Waals surface area contributed by atoms with Gasteiger partial charge in [-0.3, -0.25) is 14.4 Å². The number of carbonyl (C=O) groups excluding carboxylic acids is 3. The number of hydrogen-bond acceptors (Lipinski definition) is 7. The number of aromatic nitrogens is 1. The van der Waals surface area contributed by atoms with Crippen molar-refractivity contribution in [2.45, 2.75) is 91.0 Å². The van der Waals surface area contributed by atoms with Crippen molar-refractivity contribution in [3.63, 3.8) is 0 Å². The molecular formula is C30H43N5O6S. The summed E-state index contributed by atoms with van der Waals surface area (Å²) < 4.78 is 0. The van der Waals surface area contributed by atoms with Crippen molar-refractivity contribution in [3.8, 4) is 10.4 Å². The van der Waals surface area contributed by atoms with Crippen LogP contribution in [0.2, 0.25) is 0 Å². The number of amides is 4. The first-order valence-electron chi connectivity index (χ1n) is 14.3. The number of unbranched alkanes of at least 4 members (excludes halogenated alkanes) is 2. The quantitative estimate of drug-likeness (QED) is 0.232. The Labute approximate surface area is 251 Å². The number of aliphatic hydroxyl groups is 1. The van der Waals surface area contributed by atoms with Gasteiger partial charge in [0.1, 0.15) is 12.1 Å². The molecule has 5 N–H and O–H groups in total. The number of nitrogens with zero attached hydrogens (tertiary/aromatic N) is 2. The smallest absolute Gasteiger partial charge is 0.404 e. The molecular weight excluding hydrogens is 558 g/mol. The molecule has 4 atom stereocenters. The normalized spacial score (nSPS) is 18.3. The van der Waals surface area contributed by atoms with Gasteiger partial charge < -0.3 is 31.1 Å². The number of aliphatic hydroxyl groups excluding tert-OH is 1. The Balaban J connectivity index is 1.62. The number of β-amino-alcohol motifs (C(OH)–C–C–N with tert-alkyl or cyclic N) is 1. The topological polar surface area (TPSA) is 161 Å². The Hall–Kier alpha value is -3.51. The van der Waals surface area contributed by atoms with Crippen LogP contribution in [-0.4, -0.2) is 75.2 Å². The standard InChI is InChI=1S/C30H43N5O6S/c1-18(20-10-12-21(13-11-20)25-19(2)32-17-42-25)33-27(38)23-15-22(36)16-35(23)28(39)26(30(3,4)5)34-24(37)9-7-6-8-14-31-29(40)41/h10-13,17-18,22-23,26,31,36H,6-9,14-16H2,1-5H3,(H,33,38)(H,34,37)(H,40,41)/t18?,22-,23+,26?/m1/s1. The zero-order valence-electron chi connectivity index (χ0n) is 25.0. The van der Waals surface area contributed by atoms with Crippen LogP contribution in [0.15, 0.2) is 29.8 Å². The van der Waals surface area contributed by atoms with Gasteiger partial charge in [0.05, 0.1) is 28.2 Å². The summed E-state index contributed by atoms with van der Waals surface area (Å²) >= 11 is 1.57. The molecule has 11 nitrogen and oxygen atoms in total. The average Bonchev–Trinajstić information content (AvgIpc) is 3.53. The first-order valence-corrected chi connectivity index (χ1v) is 15.2. The van der Waals surface area contributed by atoms with Crippen molar-refractivity contribution in [3.05, 3.63) is 41.0 Å². The highest BCUT2D eigenvalue weighted by atomic mass is 32.1. The summed E-state index contributed by atoms with van der Waals surface area (Å²) in [6.45, 7) is 9.69. The first-order chi connectivity index (χ1) is 19.8. The maximum absolute atomic E-state index is 13.8. The van der Waals surface area contributed by atoms with E-state index in [1.165, 1.54) is 4.90 Å². The predicted octanol–water partition coefficient (Wildman–Crippen LogP) is 3.62. The van der Waals surface area contributed by atoms with Gasteiger partial charge in [0, 0.05) is 25.9 Å². The van der Waals surface area contributed by atoms with Crippen LogP contribution in [0.3, 0.4) is 0 Å². The highest BCUT2D eigenvalue weighted by molar-refractivity contribution is 7.13. The average molecular weight is 602 g/mol. The third-order valence-electron chi connectivity index (χ3n) is 7.42. The van der Waals surface area contributed by atoms with Crippen LogP contribution in [0.5, 0.6) is 0 Å². The summed E-state index contributed by atoms with van der Waals surface area (Å²) in [5, 5.41) is 27.2. The van der Waals surface area contributed by atoms with Crippen molar-refractivity contribution in [2.24, 2.45) is 5.41 Å². The van der Waals surface area contributed by atoms with Gasteiger partial charge in [-0.1, -0.05) is 51.5 Å².